The highest BCUT2D eigenvalue weighted by atomic mass is 16.8. The summed E-state index contributed by atoms with van der Waals surface area (Å²) >= 11 is 0. The van der Waals surface area contributed by atoms with Gasteiger partial charge < -0.3 is 99.5 Å². The van der Waals surface area contributed by atoms with Gasteiger partial charge >= 0.3 is 77.6 Å². The predicted octanol–water partition coefficient (Wildman–Crippen LogP) is -0.104. The van der Waals surface area contributed by atoms with Gasteiger partial charge in [0.25, 0.3) is 0 Å². The molecule has 4 saturated heterocycles. The van der Waals surface area contributed by atoms with Gasteiger partial charge in [-0.2, -0.15) is 0 Å². The number of rotatable bonds is 26. The van der Waals surface area contributed by atoms with Crippen LogP contribution < -0.4 is 0 Å². The van der Waals surface area contributed by atoms with E-state index in [1.165, 1.54) is 0 Å². The van der Waals surface area contributed by atoms with Crippen molar-refractivity contribution in [3.8, 4) is 0 Å². The molecule has 4 fully saturated rings. The molecule has 4 aliphatic rings. The summed E-state index contributed by atoms with van der Waals surface area (Å²) in [5, 5.41) is 0. The molecule has 4 heterocycles. The summed E-state index contributed by atoms with van der Waals surface area (Å²) in [6.45, 7) is 9.06. The molecule has 4 aliphatic heterocycles. The summed E-state index contributed by atoms with van der Waals surface area (Å²) in [7, 11) is 0. The Morgan fingerprint density at radius 3 is 0.791 bits per heavy atom. The average molecular weight is 1300 g/mol. The standard InChI is InChI=1S/C57H74O34/c1-24(58)71-20-38-42(76-28(5)62)46(80-32(9)66)50(54(85-38)75-19-37-17-15-14-16-18-37)91-57-53(84-36(13)70)49(45(79-31(8)65)41(88-57)23-74-27(4)61)90-56-52(83-35(12)69)48(44(78-30(7)64)40(87-56)22-73-26(3)60)89-55-51(82-34(11)68)47(81-33(10)67)43(77-29(6)63)39(86-55)21-72-25(2)59/h14-18,38-57H,19-23H2,1-13H3/t38-,39-,40-,41-,42-,43-,44-,45-,46+,47+,48+,49+,50+,51+,52+,53+,54+,55-,56-,57-/m1/s1. The second-order valence-electron chi connectivity index (χ2n) is 20.6. The molecule has 506 valence electrons. The minimum Gasteiger partial charge on any atom is -0.463 e. The van der Waals surface area contributed by atoms with Crippen molar-refractivity contribution in [1.29, 1.82) is 0 Å². The van der Waals surface area contributed by atoms with Crippen molar-refractivity contribution >= 4 is 77.6 Å². The van der Waals surface area contributed by atoms with E-state index < -0.39 is 227 Å². The van der Waals surface area contributed by atoms with Gasteiger partial charge in [0.15, 0.2) is 86.2 Å². The number of esters is 13. The molecule has 91 heavy (non-hydrogen) atoms. The van der Waals surface area contributed by atoms with Crippen LogP contribution in [0.15, 0.2) is 30.3 Å². The van der Waals surface area contributed by atoms with Crippen molar-refractivity contribution in [3.05, 3.63) is 35.9 Å². The highest BCUT2D eigenvalue weighted by Gasteiger charge is 2.62. The number of benzene rings is 1. The van der Waals surface area contributed by atoms with E-state index in [0.717, 1.165) is 90.0 Å². The fourth-order valence-electron chi connectivity index (χ4n) is 9.92. The quantitative estimate of drug-likeness (QED) is 0.0863. The second kappa shape index (κ2) is 34.4. The molecule has 5 rings (SSSR count). The molecule has 0 aromatic heterocycles. The molecule has 0 spiro atoms. The Labute approximate surface area is 520 Å². The molecular weight excluding hydrogens is 1230 g/mol. The van der Waals surface area contributed by atoms with Gasteiger partial charge in [-0.3, -0.25) is 62.3 Å². The summed E-state index contributed by atoms with van der Waals surface area (Å²) in [4.78, 5) is 168. The Kier molecular flexibility index (Phi) is 27.9. The summed E-state index contributed by atoms with van der Waals surface area (Å²) < 4.78 is 124. The summed E-state index contributed by atoms with van der Waals surface area (Å²) in [6.07, 6.45) is -38.9. The SMILES string of the molecule is CC(=O)OC[C@H]1O[C@H](O[C@@H]2[C@H](OC(C)=O)[C@@H](O[C@@H]3[C@H](OC(C)=O)[C@@H](O[C@@H]4[C@@H](OCc5ccccc5)O[C@H](COC(C)=O)[C@@H](OC(C)=O)[C@@H]4OC(C)=O)O[C@H](COC(C)=O)[C@H]3OC(C)=O)O[C@H](COC(C)=O)[C@H]2OC(C)=O)[C@@H](OC(C)=O)[C@@H](OC(C)=O)[C@@H]1OC(C)=O. The highest BCUT2D eigenvalue weighted by Crippen LogP contribution is 2.40. The molecule has 1 aromatic carbocycles. The maximum absolute atomic E-state index is 13.6. The van der Waals surface area contributed by atoms with E-state index in [-0.39, 0.29) is 6.61 Å². The van der Waals surface area contributed by atoms with Crippen LogP contribution in [0.1, 0.15) is 95.6 Å². The maximum atomic E-state index is 13.6. The van der Waals surface area contributed by atoms with Crippen LogP contribution in [0.5, 0.6) is 0 Å². The topological polar surface area (TPSA) is 416 Å². The van der Waals surface area contributed by atoms with Gasteiger partial charge in [-0.1, -0.05) is 30.3 Å². The Balaban J connectivity index is 1.79. The Morgan fingerprint density at radius 1 is 0.275 bits per heavy atom. The van der Waals surface area contributed by atoms with Crippen molar-refractivity contribution < 1.29 is 162 Å². The molecule has 0 aliphatic carbocycles. The fourth-order valence-corrected chi connectivity index (χ4v) is 9.92. The third-order valence-electron chi connectivity index (χ3n) is 13.0. The van der Waals surface area contributed by atoms with E-state index in [4.69, 9.17) is 99.5 Å². The van der Waals surface area contributed by atoms with E-state index in [2.05, 4.69) is 0 Å². The van der Waals surface area contributed by atoms with Gasteiger partial charge in [0.2, 0.25) is 0 Å². The first kappa shape index (κ1) is 73.7. The first-order chi connectivity index (χ1) is 42.8. The lowest BCUT2D eigenvalue weighted by atomic mass is 9.94. The average Bonchev–Trinajstić information content (AvgIpc) is 0.781. The van der Waals surface area contributed by atoms with Gasteiger partial charge in [0, 0.05) is 90.0 Å². The molecule has 0 saturated carbocycles. The lowest BCUT2D eigenvalue weighted by Crippen LogP contribution is -2.70. The Hall–Kier alpha value is -7.99. The van der Waals surface area contributed by atoms with Crippen LogP contribution in [0, 0.1) is 0 Å². The van der Waals surface area contributed by atoms with Gasteiger partial charge in [0.1, 0.15) is 63.1 Å². The fraction of sp³-hybridized carbons (Fsp3) is 0.667. The summed E-state index contributed by atoms with van der Waals surface area (Å²) in [5.41, 5.74) is 0.535. The first-order valence-corrected chi connectivity index (χ1v) is 28.1. The second-order valence-corrected chi connectivity index (χ2v) is 20.6. The molecule has 34 nitrogen and oxygen atoms in total. The maximum Gasteiger partial charge on any atom is 0.303 e. The number of ether oxygens (including phenoxy) is 21. The van der Waals surface area contributed by atoms with Crippen LogP contribution in [0.3, 0.4) is 0 Å². The van der Waals surface area contributed by atoms with Gasteiger partial charge in [-0.15, -0.1) is 0 Å². The zero-order chi connectivity index (χ0) is 67.6. The number of carbonyl (C=O) groups is 13. The molecule has 0 radical (unpaired) electrons. The molecule has 20 atom stereocenters. The number of hydrogen-bond donors (Lipinski definition) is 0. The van der Waals surface area contributed by atoms with Crippen LogP contribution in [0.4, 0.5) is 0 Å². The molecule has 1 aromatic rings. The van der Waals surface area contributed by atoms with Gasteiger partial charge in [0.05, 0.1) is 6.61 Å². The summed E-state index contributed by atoms with van der Waals surface area (Å²) in [6, 6.07) is 8.41. The lowest BCUT2D eigenvalue weighted by molar-refractivity contribution is -0.394. The largest absolute Gasteiger partial charge is 0.463 e. The molecule has 0 N–H and O–H groups in total. The molecule has 0 bridgehead atoms. The van der Waals surface area contributed by atoms with E-state index >= 15 is 0 Å². The lowest BCUT2D eigenvalue weighted by Gasteiger charge is -2.51. The van der Waals surface area contributed by atoms with Crippen LogP contribution in [-0.4, -0.2) is 227 Å². The highest BCUT2D eigenvalue weighted by molar-refractivity contribution is 5.71. The van der Waals surface area contributed by atoms with Crippen molar-refractivity contribution in [3.63, 3.8) is 0 Å². The normalized spacial score (nSPS) is 31.0. The van der Waals surface area contributed by atoms with Gasteiger partial charge in [-0.25, -0.2) is 0 Å². The molecule has 0 unspecified atom stereocenters. The number of carbonyl (C=O) groups excluding carboxylic acids is 13. The third kappa shape index (κ3) is 22.4. The van der Waals surface area contributed by atoms with Crippen molar-refractivity contribution in [2.45, 2.75) is 219 Å². The van der Waals surface area contributed by atoms with Crippen molar-refractivity contribution in [2.75, 3.05) is 26.4 Å². The van der Waals surface area contributed by atoms with E-state index in [1.807, 2.05) is 0 Å². The van der Waals surface area contributed by atoms with Crippen LogP contribution in [0.25, 0.3) is 0 Å². The first-order valence-electron chi connectivity index (χ1n) is 28.1. The van der Waals surface area contributed by atoms with Crippen molar-refractivity contribution in [2.24, 2.45) is 0 Å². The summed E-state index contributed by atoms with van der Waals surface area (Å²) in [5.74, 6) is -13.3. The van der Waals surface area contributed by atoms with Crippen molar-refractivity contribution in [1.82, 2.24) is 0 Å². The predicted molar refractivity (Wildman–Crippen MR) is 287 cm³/mol. The van der Waals surface area contributed by atoms with E-state index in [9.17, 15) is 62.3 Å². The zero-order valence-corrected chi connectivity index (χ0v) is 51.8. The molecule has 0 amide bonds. The Morgan fingerprint density at radius 2 is 0.505 bits per heavy atom. The van der Waals surface area contributed by atoms with Crippen LogP contribution >= 0.6 is 0 Å². The molecule has 34 heteroatoms. The number of hydrogen-bond acceptors (Lipinski definition) is 34. The minimum atomic E-state index is -2.30. The van der Waals surface area contributed by atoms with E-state index in [0.29, 0.717) is 5.56 Å². The Bertz CT molecular complexity index is 2750. The van der Waals surface area contributed by atoms with Crippen LogP contribution in [-0.2, 0) is 168 Å². The minimum absolute atomic E-state index is 0.287. The third-order valence-corrected chi connectivity index (χ3v) is 13.0. The van der Waals surface area contributed by atoms with Gasteiger partial charge in [-0.05, 0) is 5.56 Å². The zero-order valence-electron chi connectivity index (χ0n) is 51.8. The molecular formula is C57H74O34. The van der Waals surface area contributed by atoms with E-state index in [1.54, 1.807) is 30.3 Å². The van der Waals surface area contributed by atoms with Crippen LogP contribution in [0.2, 0.25) is 0 Å². The smallest absolute Gasteiger partial charge is 0.303 e. The monoisotopic (exact) mass is 1300 g/mol.